The van der Waals surface area contributed by atoms with E-state index in [4.69, 9.17) is 23.5 Å². The van der Waals surface area contributed by atoms with Gasteiger partial charge in [0.2, 0.25) is 0 Å². The molecule has 0 radical (unpaired) electrons. The smallest absolute Gasteiger partial charge is 0.342 e. The van der Waals surface area contributed by atoms with Gasteiger partial charge in [-0.15, -0.1) is 0 Å². The molecule has 290 valence electrons. The fourth-order valence-corrected chi connectivity index (χ4v) is 8.33. The number of aromatic amines is 1. The summed E-state index contributed by atoms with van der Waals surface area (Å²) < 4.78 is 60.6. The van der Waals surface area contributed by atoms with E-state index >= 15 is 4.39 Å². The van der Waals surface area contributed by atoms with Crippen LogP contribution in [0, 0.1) is 5.82 Å². The van der Waals surface area contributed by atoms with Gasteiger partial charge in [0, 0.05) is 42.7 Å². The molecule has 13 nitrogen and oxygen atoms in total. The fourth-order valence-electron chi connectivity index (χ4n) is 6.59. The number of anilines is 1. The van der Waals surface area contributed by atoms with Crippen molar-refractivity contribution in [2.24, 2.45) is 0 Å². The summed E-state index contributed by atoms with van der Waals surface area (Å²) in [6, 6.07) is 20.3. The molecule has 4 heterocycles. The molecule has 2 aliphatic rings. The minimum absolute atomic E-state index is 0.00176. The lowest BCUT2D eigenvalue weighted by Gasteiger charge is -2.35. The molecule has 5 aromatic rings. The molecule has 4 bridgehead atoms. The number of nitrogens with zero attached hydrogens (tertiary/aromatic N) is 4. The number of piperazine rings is 1. The molecule has 0 spiro atoms. The van der Waals surface area contributed by atoms with E-state index in [0.29, 0.717) is 39.5 Å². The molecule has 3 atom stereocenters. The molecule has 2 N–H and O–H groups in total. The number of carbonyl (C=O) groups is 1. The molecule has 0 amide bonds. The number of rotatable bonds is 10. The second-order valence-electron chi connectivity index (χ2n) is 14.1. The first-order chi connectivity index (χ1) is 26.5. The van der Waals surface area contributed by atoms with Crippen molar-refractivity contribution in [3.8, 4) is 34.0 Å². The molecule has 1 saturated heterocycles. The van der Waals surface area contributed by atoms with Crippen molar-refractivity contribution in [2.75, 3.05) is 57.7 Å². The first-order valence-electron chi connectivity index (χ1n) is 18.4. The Morgan fingerprint density at radius 3 is 2.62 bits per heavy atom. The number of halogens is 1. The number of aromatic nitrogens is 3. The molecule has 1 fully saturated rings. The zero-order chi connectivity index (χ0) is 38.5. The SMILES string of the molecule is CC(C)OC(=O)[C@H](C)NP(=O)(COC1COCc2cccc(F)c2-c2cc3c(n[nH]c3cn2)-c2ccc(N3CCN(C)CC3)c(c2)OC1)Oc1ccccc1. The number of esters is 1. The van der Waals surface area contributed by atoms with Crippen LogP contribution in [-0.4, -0.2) is 97.1 Å². The van der Waals surface area contributed by atoms with Crippen molar-refractivity contribution in [1.29, 1.82) is 0 Å². The highest BCUT2D eigenvalue weighted by Gasteiger charge is 2.33. The van der Waals surface area contributed by atoms with Crippen LogP contribution in [0.1, 0.15) is 26.3 Å². The van der Waals surface area contributed by atoms with Crippen LogP contribution in [0.5, 0.6) is 11.5 Å². The maximum absolute atomic E-state index is 15.6. The van der Waals surface area contributed by atoms with Crippen LogP contribution in [0.15, 0.2) is 79.0 Å². The third kappa shape index (κ3) is 9.17. The lowest BCUT2D eigenvalue weighted by Crippen LogP contribution is -2.44. The fraction of sp³-hybridized carbons (Fsp3) is 0.375. The number of para-hydroxylation sites is 1. The van der Waals surface area contributed by atoms with Gasteiger partial charge in [-0.25, -0.2) is 9.48 Å². The molecule has 2 aliphatic heterocycles. The quantitative estimate of drug-likeness (QED) is 0.116. The lowest BCUT2D eigenvalue weighted by atomic mass is 10.0. The number of nitrogens with one attached hydrogen (secondary N) is 2. The Hall–Kier alpha value is -4.85. The van der Waals surface area contributed by atoms with Gasteiger partial charge in [-0.3, -0.25) is 19.4 Å². The number of pyridine rings is 1. The topological polar surface area (TPSA) is 140 Å². The van der Waals surface area contributed by atoms with Crippen molar-refractivity contribution in [3.63, 3.8) is 0 Å². The number of H-pyrrole nitrogens is 1. The predicted octanol–water partition coefficient (Wildman–Crippen LogP) is 6.64. The highest BCUT2D eigenvalue weighted by Crippen LogP contribution is 2.44. The van der Waals surface area contributed by atoms with E-state index in [9.17, 15) is 9.36 Å². The summed E-state index contributed by atoms with van der Waals surface area (Å²) in [5, 5.41) is 11.3. The highest BCUT2D eigenvalue weighted by molar-refractivity contribution is 7.57. The van der Waals surface area contributed by atoms with Crippen LogP contribution in [0.25, 0.3) is 33.4 Å². The summed E-state index contributed by atoms with van der Waals surface area (Å²) in [6.45, 7) is 8.46. The van der Waals surface area contributed by atoms with Gasteiger partial charge < -0.3 is 33.3 Å². The molecule has 55 heavy (non-hydrogen) atoms. The summed E-state index contributed by atoms with van der Waals surface area (Å²) in [6.07, 6.45) is 0.0754. The number of hydrogen-bond acceptors (Lipinski definition) is 11. The first-order valence-corrected chi connectivity index (χ1v) is 20.2. The van der Waals surface area contributed by atoms with Crippen molar-refractivity contribution in [1.82, 2.24) is 25.2 Å². The summed E-state index contributed by atoms with van der Waals surface area (Å²) in [4.78, 5) is 21.9. The van der Waals surface area contributed by atoms with Crippen molar-refractivity contribution in [3.05, 3.63) is 90.4 Å². The van der Waals surface area contributed by atoms with Crippen LogP contribution in [0.3, 0.4) is 0 Å². The average molecular weight is 773 g/mol. The van der Waals surface area contributed by atoms with E-state index in [1.165, 1.54) is 6.07 Å². The van der Waals surface area contributed by atoms with Crippen molar-refractivity contribution >= 4 is 30.1 Å². The van der Waals surface area contributed by atoms with Crippen molar-refractivity contribution in [2.45, 2.75) is 45.6 Å². The van der Waals surface area contributed by atoms with Crippen LogP contribution < -0.4 is 19.2 Å². The van der Waals surface area contributed by atoms with Gasteiger partial charge in [-0.1, -0.05) is 36.4 Å². The predicted molar refractivity (Wildman–Crippen MR) is 208 cm³/mol. The first kappa shape index (κ1) is 38.4. The summed E-state index contributed by atoms with van der Waals surface area (Å²) in [7, 11) is -1.81. The number of carbonyl (C=O) groups excluding carboxylic acids is 1. The number of ether oxygens (including phenoxy) is 4. The number of hydrogen-bond donors (Lipinski definition) is 2. The number of likely N-dealkylation sites (N-methyl/N-ethyl adjacent to an activating group) is 1. The molecule has 3 aromatic carbocycles. The van der Waals surface area contributed by atoms with E-state index < -0.39 is 37.8 Å². The largest absolute Gasteiger partial charge is 0.489 e. The van der Waals surface area contributed by atoms with E-state index in [2.05, 4.69) is 37.1 Å². The van der Waals surface area contributed by atoms with Gasteiger partial charge in [0.15, 0.2) is 0 Å². The number of benzene rings is 3. The second kappa shape index (κ2) is 16.9. The minimum Gasteiger partial charge on any atom is -0.489 e. The van der Waals surface area contributed by atoms with Crippen LogP contribution in [0.4, 0.5) is 10.1 Å². The molecule has 15 heteroatoms. The molecule has 2 aromatic heterocycles. The third-order valence-corrected chi connectivity index (χ3v) is 11.2. The molecule has 0 aliphatic carbocycles. The summed E-state index contributed by atoms with van der Waals surface area (Å²) >= 11 is 0. The van der Waals surface area contributed by atoms with Gasteiger partial charge in [0.25, 0.3) is 0 Å². The zero-order valence-electron chi connectivity index (χ0n) is 31.4. The molecule has 2 unspecified atom stereocenters. The summed E-state index contributed by atoms with van der Waals surface area (Å²) in [5.74, 6) is -0.0776. The normalized spacial score (nSPS) is 18.1. The van der Waals surface area contributed by atoms with Crippen LogP contribution in [0.2, 0.25) is 0 Å². The molecular formula is C40H46FN6O7P. The van der Waals surface area contributed by atoms with Crippen LogP contribution >= 0.6 is 7.52 Å². The lowest BCUT2D eigenvalue weighted by molar-refractivity contribution is -0.149. The second-order valence-corrected chi connectivity index (χ2v) is 16.1. The monoisotopic (exact) mass is 772 g/mol. The molecular weight excluding hydrogens is 726 g/mol. The highest BCUT2D eigenvalue weighted by atomic mass is 31.2. The Bertz CT molecular complexity index is 2160. The molecule has 0 saturated carbocycles. The average Bonchev–Trinajstić information content (AvgIpc) is 3.59. The molecule has 7 rings (SSSR count). The Labute approximate surface area is 319 Å². The van der Waals surface area contributed by atoms with Crippen molar-refractivity contribution < 1.29 is 37.2 Å². The zero-order valence-corrected chi connectivity index (χ0v) is 32.3. The Morgan fingerprint density at radius 2 is 1.84 bits per heavy atom. The van der Waals surface area contributed by atoms with Gasteiger partial charge in [0.1, 0.15) is 48.1 Å². The minimum atomic E-state index is -3.91. The third-order valence-electron chi connectivity index (χ3n) is 9.44. The van der Waals surface area contributed by atoms with E-state index in [-0.39, 0.29) is 25.9 Å². The Kier molecular flexibility index (Phi) is 11.8. The number of fused-ring (bicyclic) bond motifs is 6. The Morgan fingerprint density at radius 1 is 1.04 bits per heavy atom. The van der Waals surface area contributed by atoms with Gasteiger partial charge >= 0.3 is 13.5 Å². The van der Waals surface area contributed by atoms with E-state index in [0.717, 1.165) is 42.8 Å². The maximum Gasteiger partial charge on any atom is 0.342 e. The van der Waals surface area contributed by atoms with Gasteiger partial charge in [-0.05, 0) is 69.8 Å². The standard InChI is InChI=1S/C40H46FN6O7P/c1-26(2)53-40(48)27(3)45-55(49,54-30-10-6-5-7-11-30)25-52-31-23-50-22-29-9-8-12-33(41)38(29)34-20-32-35(21-42-34)43-44-39(32)28-13-14-36(37(19-28)51-24-31)47-17-15-46(4)16-18-47/h5-14,19-21,26-27,31H,15-18,22-25H2,1-4H3,(H,43,44)(H,45,49)/t27-,31?,55?/m0/s1. The van der Waals surface area contributed by atoms with Gasteiger partial charge in [-0.2, -0.15) is 5.10 Å². The van der Waals surface area contributed by atoms with E-state index in [1.807, 2.05) is 30.3 Å². The maximum atomic E-state index is 15.6. The van der Waals surface area contributed by atoms with Crippen LogP contribution in [-0.2, 0) is 30.2 Å². The van der Waals surface area contributed by atoms with Gasteiger partial charge in [0.05, 0.1) is 42.4 Å². The Balaban J connectivity index is 1.23. The van der Waals surface area contributed by atoms with E-state index in [1.54, 1.807) is 63.4 Å². The summed E-state index contributed by atoms with van der Waals surface area (Å²) in [5.41, 5.74) is 4.42.